The Labute approximate surface area is 370 Å². The molecule has 2 nitrogen and oxygen atoms in total. The van der Waals surface area contributed by atoms with Crippen molar-refractivity contribution in [2.45, 2.75) is 57.8 Å². The first kappa shape index (κ1) is 37.6. The molecule has 0 saturated carbocycles. The molecule has 2 aliphatic rings. The molecule has 304 valence electrons. The molecule has 12 rings (SSSR count). The number of para-hydroxylation sites is 2. The number of rotatable bonds is 4. The summed E-state index contributed by atoms with van der Waals surface area (Å²) in [6.45, 7) is 14.0. The van der Waals surface area contributed by atoms with Gasteiger partial charge >= 0.3 is 0 Å². The topological polar surface area (TPSA) is 16.4 Å². The molecule has 2 heteroatoms. The Bertz CT molecular complexity index is 3420. The van der Waals surface area contributed by atoms with Crippen LogP contribution < -0.4 is 4.90 Å². The fourth-order valence-corrected chi connectivity index (χ4v) is 10.9. The monoisotopic (exact) mass is 811 g/mol. The van der Waals surface area contributed by atoms with Gasteiger partial charge in [0.15, 0.2) is 5.58 Å². The van der Waals surface area contributed by atoms with E-state index in [-0.39, 0.29) is 10.8 Å². The quantitative estimate of drug-likeness (QED) is 0.176. The van der Waals surface area contributed by atoms with Crippen LogP contribution in [0.15, 0.2) is 192 Å². The van der Waals surface area contributed by atoms with Crippen LogP contribution in [0.5, 0.6) is 0 Å². The van der Waals surface area contributed by atoms with Gasteiger partial charge in [-0.3, -0.25) is 0 Å². The highest BCUT2D eigenvalue weighted by atomic mass is 16.3. The van der Waals surface area contributed by atoms with Crippen molar-refractivity contribution in [2.24, 2.45) is 0 Å². The van der Waals surface area contributed by atoms with Crippen molar-refractivity contribution in [3.8, 4) is 33.4 Å². The predicted molar refractivity (Wildman–Crippen MR) is 265 cm³/mol. The third kappa shape index (κ3) is 5.44. The second-order valence-corrected chi connectivity index (χ2v) is 19.7. The molecular formula is C61H49NO. The molecule has 2 aliphatic carbocycles. The summed E-state index contributed by atoms with van der Waals surface area (Å²) < 4.78 is 7.04. The van der Waals surface area contributed by atoms with Gasteiger partial charge in [0.25, 0.3) is 0 Å². The van der Waals surface area contributed by atoms with E-state index >= 15 is 0 Å². The minimum atomic E-state index is -0.538. The lowest BCUT2D eigenvalue weighted by Crippen LogP contribution is -2.27. The highest BCUT2D eigenvalue weighted by Gasteiger charge is 2.52. The van der Waals surface area contributed by atoms with Crippen molar-refractivity contribution >= 4 is 49.8 Å². The average Bonchev–Trinajstić information content (AvgIpc) is 3.93. The molecule has 0 saturated heterocycles. The van der Waals surface area contributed by atoms with Crippen LogP contribution in [0.4, 0.5) is 17.1 Å². The van der Waals surface area contributed by atoms with E-state index < -0.39 is 5.41 Å². The molecule has 0 aliphatic heterocycles. The zero-order valence-corrected chi connectivity index (χ0v) is 36.8. The molecule has 0 unspecified atom stereocenters. The lowest BCUT2D eigenvalue weighted by Gasteiger charge is -2.34. The summed E-state index contributed by atoms with van der Waals surface area (Å²) >= 11 is 0. The number of hydrogen-bond donors (Lipinski definition) is 0. The predicted octanol–water partition coefficient (Wildman–Crippen LogP) is 16.8. The molecule has 9 aromatic carbocycles. The first-order valence-corrected chi connectivity index (χ1v) is 22.3. The minimum Gasteiger partial charge on any atom is -0.454 e. The van der Waals surface area contributed by atoms with Crippen LogP contribution in [0.25, 0.3) is 66.1 Å². The highest BCUT2D eigenvalue weighted by Crippen LogP contribution is 2.64. The van der Waals surface area contributed by atoms with Gasteiger partial charge in [-0.05, 0) is 113 Å². The van der Waals surface area contributed by atoms with Crippen LogP contribution in [-0.2, 0) is 16.2 Å². The van der Waals surface area contributed by atoms with Crippen LogP contribution in [0.3, 0.4) is 0 Å². The smallest absolute Gasteiger partial charge is 0.159 e. The van der Waals surface area contributed by atoms with E-state index in [1.54, 1.807) is 0 Å². The van der Waals surface area contributed by atoms with Crippen molar-refractivity contribution in [1.82, 2.24) is 0 Å². The number of furan rings is 1. The minimum absolute atomic E-state index is 0.0289. The van der Waals surface area contributed by atoms with Crippen molar-refractivity contribution in [1.29, 1.82) is 0 Å². The van der Waals surface area contributed by atoms with Crippen molar-refractivity contribution in [3.05, 3.63) is 221 Å². The van der Waals surface area contributed by atoms with Gasteiger partial charge in [0, 0.05) is 22.0 Å². The van der Waals surface area contributed by atoms with E-state index in [4.69, 9.17) is 4.42 Å². The van der Waals surface area contributed by atoms with Crippen molar-refractivity contribution in [2.75, 3.05) is 4.90 Å². The summed E-state index contributed by atoms with van der Waals surface area (Å²) in [5.41, 5.74) is 19.9. The number of nitrogens with zero attached hydrogens (tertiary/aromatic N) is 1. The summed E-state index contributed by atoms with van der Waals surface area (Å²) in [4.78, 5) is 2.46. The van der Waals surface area contributed by atoms with E-state index in [2.05, 4.69) is 234 Å². The summed E-state index contributed by atoms with van der Waals surface area (Å²) in [5.74, 6) is 0. The van der Waals surface area contributed by atoms with Crippen LogP contribution >= 0.6 is 0 Å². The van der Waals surface area contributed by atoms with Gasteiger partial charge in [-0.15, -0.1) is 0 Å². The zero-order chi connectivity index (χ0) is 42.8. The van der Waals surface area contributed by atoms with Crippen LogP contribution in [0.1, 0.15) is 74.9 Å². The Morgan fingerprint density at radius 3 is 1.68 bits per heavy atom. The molecule has 10 aromatic rings. The lowest BCUT2D eigenvalue weighted by molar-refractivity contribution is 0.586. The average molecular weight is 812 g/mol. The SMILES string of the molecule is CC(C)(C)c1ccc2c(c1)C1(c3ccccc3-c3ccc(N(c4ccccc4-c4ccccc4)c4cccc5c4oc4ccc6ccccc6c45)cc31)c1cc(C(C)(C)C)ccc1-2. The number of fused-ring (bicyclic) bond motifs is 15. The molecule has 0 fully saturated rings. The van der Waals surface area contributed by atoms with E-state index in [1.807, 2.05) is 0 Å². The largest absolute Gasteiger partial charge is 0.454 e. The summed E-state index contributed by atoms with van der Waals surface area (Å²) in [6, 6.07) is 70.2. The summed E-state index contributed by atoms with van der Waals surface area (Å²) in [7, 11) is 0. The first-order chi connectivity index (χ1) is 30.5. The Balaban J connectivity index is 1.19. The standard InChI is InChI=1S/C61H49NO/c1-59(2,3)40-28-31-46-47-32-29-41(60(4,5)6)36-52(47)61(51(46)35-40)50-24-14-12-22-45(50)48-33-30-42(37-53(48)61)62(54-25-15-13-20-43(54)38-17-8-7-9-18-38)55-26-16-23-49-57-44-21-11-10-19-39(44)27-34-56(57)63-58(49)55/h7-37H,1-6H3. The van der Waals surface area contributed by atoms with E-state index in [0.717, 1.165) is 50.1 Å². The zero-order valence-electron chi connectivity index (χ0n) is 36.8. The van der Waals surface area contributed by atoms with E-state index in [1.165, 1.54) is 66.4 Å². The normalized spacial score (nSPS) is 13.7. The van der Waals surface area contributed by atoms with Crippen molar-refractivity contribution in [3.63, 3.8) is 0 Å². The molecule has 0 N–H and O–H groups in total. The fraction of sp³-hybridized carbons (Fsp3) is 0.148. The summed E-state index contributed by atoms with van der Waals surface area (Å²) in [5, 5.41) is 4.65. The Morgan fingerprint density at radius 2 is 0.968 bits per heavy atom. The second kappa shape index (κ2) is 13.4. The number of benzene rings is 9. The van der Waals surface area contributed by atoms with Gasteiger partial charge < -0.3 is 9.32 Å². The Hall–Kier alpha value is -7.16. The van der Waals surface area contributed by atoms with Crippen LogP contribution in [0, 0.1) is 0 Å². The molecule has 0 amide bonds. The first-order valence-electron chi connectivity index (χ1n) is 22.3. The molecule has 1 spiro atoms. The Morgan fingerprint density at radius 1 is 0.413 bits per heavy atom. The van der Waals surface area contributed by atoms with Crippen molar-refractivity contribution < 1.29 is 4.42 Å². The maximum absolute atomic E-state index is 7.04. The maximum atomic E-state index is 7.04. The van der Waals surface area contributed by atoms with Gasteiger partial charge in [-0.2, -0.15) is 0 Å². The number of hydrogen-bond acceptors (Lipinski definition) is 2. The third-order valence-corrected chi connectivity index (χ3v) is 14.0. The second-order valence-electron chi connectivity index (χ2n) is 19.7. The maximum Gasteiger partial charge on any atom is 0.159 e. The molecular weight excluding hydrogens is 763 g/mol. The summed E-state index contributed by atoms with van der Waals surface area (Å²) in [6.07, 6.45) is 0. The molecule has 1 aromatic heterocycles. The van der Waals surface area contributed by atoms with Gasteiger partial charge in [0.2, 0.25) is 0 Å². The highest BCUT2D eigenvalue weighted by molar-refractivity contribution is 6.21. The molecule has 0 atom stereocenters. The van der Waals surface area contributed by atoms with Gasteiger partial charge in [0.1, 0.15) is 5.58 Å². The Kier molecular flexibility index (Phi) is 8.01. The molecule has 0 bridgehead atoms. The third-order valence-electron chi connectivity index (χ3n) is 14.0. The van der Waals surface area contributed by atoms with Gasteiger partial charge in [-0.25, -0.2) is 0 Å². The van der Waals surface area contributed by atoms with E-state index in [9.17, 15) is 0 Å². The fourth-order valence-electron chi connectivity index (χ4n) is 10.9. The van der Waals surface area contributed by atoms with Gasteiger partial charge in [-0.1, -0.05) is 199 Å². The number of anilines is 3. The molecule has 63 heavy (non-hydrogen) atoms. The lowest BCUT2D eigenvalue weighted by atomic mass is 9.68. The molecule has 1 heterocycles. The van der Waals surface area contributed by atoms with Crippen LogP contribution in [-0.4, -0.2) is 0 Å². The van der Waals surface area contributed by atoms with E-state index in [0.29, 0.717) is 0 Å². The van der Waals surface area contributed by atoms with Crippen LogP contribution in [0.2, 0.25) is 0 Å². The van der Waals surface area contributed by atoms with Gasteiger partial charge in [0.05, 0.1) is 16.8 Å². The molecule has 0 radical (unpaired) electrons.